The van der Waals surface area contributed by atoms with Gasteiger partial charge >= 0.3 is 0 Å². The first-order valence-corrected chi connectivity index (χ1v) is 8.26. The Morgan fingerprint density at radius 1 is 1.18 bits per heavy atom. The lowest BCUT2D eigenvalue weighted by Gasteiger charge is -2.55. The molecule has 1 amide bonds. The van der Waals surface area contributed by atoms with Gasteiger partial charge in [-0.3, -0.25) is 4.79 Å². The Morgan fingerprint density at radius 3 is 2.36 bits per heavy atom. The van der Waals surface area contributed by atoms with Crippen LogP contribution in [0.5, 0.6) is 0 Å². The molecule has 1 spiro atoms. The predicted octanol–water partition coefficient (Wildman–Crippen LogP) is 2.27. The highest BCUT2D eigenvalue weighted by Gasteiger charge is 2.55. The molecule has 1 heterocycles. The van der Waals surface area contributed by atoms with Crippen molar-refractivity contribution in [1.82, 2.24) is 4.90 Å². The molecule has 2 N–H and O–H groups in total. The van der Waals surface area contributed by atoms with Crippen LogP contribution in [0.3, 0.4) is 0 Å². The molecule has 1 aromatic rings. The van der Waals surface area contributed by atoms with Gasteiger partial charge in [0.1, 0.15) is 0 Å². The summed E-state index contributed by atoms with van der Waals surface area (Å²) < 4.78 is 0. The normalized spacial score (nSPS) is 26.8. The van der Waals surface area contributed by atoms with Crippen LogP contribution in [0.15, 0.2) is 18.2 Å². The van der Waals surface area contributed by atoms with E-state index in [0.29, 0.717) is 42.4 Å². The highest BCUT2D eigenvalue weighted by atomic mass is 35.5. The fourth-order valence-corrected chi connectivity index (χ4v) is 3.84. The van der Waals surface area contributed by atoms with E-state index in [9.17, 15) is 15.0 Å². The van der Waals surface area contributed by atoms with Crippen LogP contribution in [-0.4, -0.2) is 46.3 Å². The monoisotopic (exact) mass is 343 g/mol. The van der Waals surface area contributed by atoms with Gasteiger partial charge in [-0.15, -0.1) is 0 Å². The summed E-state index contributed by atoms with van der Waals surface area (Å²) in [6.07, 6.45) is 1.18. The zero-order valence-corrected chi connectivity index (χ0v) is 13.6. The lowest BCUT2D eigenvalue weighted by molar-refractivity contribution is -0.191. The Labute approximate surface area is 139 Å². The van der Waals surface area contributed by atoms with E-state index in [2.05, 4.69) is 0 Å². The number of carbonyl (C=O) groups excluding carboxylic acids is 1. The fourth-order valence-electron chi connectivity index (χ4n) is 3.52. The Kier molecular flexibility index (Phi) is 4.38. The van der Waals surface area contributed by atoms with Crippen molar-refractivity contribution < 1.29 is 15.0 Å². The molecule has 0 unspecified atom stereocenters. The SMILES string of the molecule is O=C(Cc1ccc(Cl)c(Cl)c1)N1CCC2(CC1)[C@H](O)C[C@@H]2O. The molecule has 1 saturated heterocycles. The second-order valence-electron chi connectivity index (χ2n) is 6.31. The largest absolute Gasteiger partial charge is 0.392 e. The van der Waals surface area contributed by atoms with Crippen molar-refractivity contribution in [2.45, 2.75) is 37.9 Å². The predicted molar refractivity (Wildman–Crippen MR) is 85.0 cm³/mol. The number of piperidine rings is 1. The summed E-state index contributed by atoms with van der Waals surface area (Å²) in [4.78, 5) is 14.2. The van der Waals surface area contributed by atoms with Crippen molar-refractivity contribution in [1.29, 1.82) is 0 Å². The lowest BCUT2D eigenvalue weighted by Crippen LogP contribution is -2.61. The van der Waals surface area contributed by atoms with Gasteiger partial charge in [0.2, 0.25) is 5.91 Å². The van der Waals surface area contributed by atoms with Gasteiger partial charge in [-0.2, -0.15) is 0 Å². The van der Waals surface area contributed by atoms with E-state index in [0.717, 1.165) is 5.56 Å². The number of carbonyl (C=O) groups is 1. The molecule has 6 heteroatoms. The highest BCUT2D eigenvalue weighted by Crippen LogP contribution is 2.49. The van der Waals surface area contributed by atoms with Crippen LogP contribution in [0.1, 0.15) is 24.8 Å². The molecule has 2 atom stereocenters. The quantitative estimate of drug-likeness (QED) is 0.865. The van der Waals surface area contributed by atoms with E-state index in [4.69, 9.17) is 23.2 Å². The number of likely N-dealkylation sites (tertiary alicyclic amines) is 1. The Balaban J connectivity index is 1.59. The molecule has 1 aliphatic carbocycles. The van der Waals surface area contributed by atoms with Gasteiger partial charge in [0.15, 0.2) is 0 Å². The van der Waals surface area contributed by atoms with E-state index in [-0.39, 0.29) is 17.7 Å². The average Bonchev–Trinajstić information content (AvgIpc) is 2.51. The van der Waals surface area contributed by atoms with Crippen LogP contribution in [0.2, 0.25) is 10.0 Å². The number of aliphatic hydroxyl groups is 2. The summed E-state index contributed by atoms with van der Waals surface area (Å²) in [5.74, 6) is 0.0385. The van der Waals surface area contributed by atoms with E-state index in [1.54, 1.807) is 23.1 Å². The maximum atomic E-state index is 12.4. The number of nitrogens with zero attached hydrogens (tertiary/aromatic N) is 1. The second kappa shape index (κ2) is 6.00. The summed E-state index contributed by atoms with van der Waals surface area (Å²) in [6, 6.07) is 5.21. The molecule has 2 aliphatic rings. The minimum atomic E-state index is -0.435. The first-order valence-electron chi connectivity index (χ1n) is 7.50. The van der Waals surface area contributed by atoms with Crippen LogP contribution in [0.4, 0.5) is 0 Å². The van der Waals surface area contributed by atoms with Crippen molar-refractivity contribution in [2.75, 3.05) is 13.1 Å². The third-order valence-electron chi connectivity index (χ3n) is 5.16. The molecule has 0 radical (unpaired) electrons. The fraction of sp³-hybridized carbons (Fsp3) is 0.562. The topological polar surface area (TPSA) is 60.8 Å². The third kappa shape index (κ3) is 2.73. The van der Waals surface area contributed by atoms with Gasteiger partial charge in [0.25, 0.3) is 0 Å². The Morgan fingerprint density at radius 2 is 1.82 bits per heavy atom. The van der Waals surface area contributed by atoms with Gasteiger partial charge in [-0.05, 0) is 30.5 Å². The number of amides is 1. The molecule has 2 fully saturated rings. The minimum Gasteiger partial charge on any atom is -0.392 e. The summed E-state index contributed by atoms with van der Waals surface area (Å²) >= 11 is 11.8. The molecule has 3 rings (SSSR count). The Hall–Kier alpha value is -0.810. The van der Waals surface area contributed by atoms with E-state index < -0.39 is 12.2 Å². The summed E-state index contributed by atoms with van der Waals surface area (Å²) in [7, 11) is 0. The molecule has 1 aliphatic heterocycles. The highest BCUT2D eigenvalue weighted by molar-refractivity contribution is 6.42. The second-order valence-corrected chi connectivity index (χ2v) is 7.12. The van der Waals surface area contributed by atoms with Gasteiger partial charge in [-0.1, -0.05) is 29.3 Å². The zero-order chi connectivity index (χ0) is 15.9. The van der Waals surface area contributed by atoms with E-state index in [1.807, 2.05) is 0 Å². The van der Waals surface area contributed by atoms with Crippen molar-refractivity contribution >= 4 is 29.1 Å². The maximum absolute atomic E-state index is 12.4. The van der Waals surface area contributed by atoms with Crippen molar-refractivity contribution in [3.8, 4) is 0 Å². The maximum Gasteiger partial charge on any atom is 0.226 e. The standard InChI is InChI=1S/C16H19Cl2NO3/c17-11-2-1-10(7-12(11)18)8-15(22)19-5-3-16(4-6-19)13(20)9-14(16)21/h1-2,7,13-14,20-21H,3-6,8-9H2/t13-,14+. The molecular formula is C16H19Cl2NO3. The van der Waals surface area contributed by atoms with Gasteiger partial charge in [0.05, 0.1) is 28.7 Å². The van der Waals surface area contributed by atoms with Gasteiger partial charge in [0, 0.05) is 24.9 Å². The summed E-state index contributed by atoms with van der Waals surface area (Å²) in [6.45, 7) is 1.16. The molecule has 4 nitrogen and oxygen atoms in total. The number of aliphatic hydroxyl groups excluding tert-OH is 2. The van der Waals surface area contributed by atoms with Crippen LogP contribution in [-0.2, 0) is 11.2 Å². The molecule has 120 valence electrons. The summed E-state index contributed by atoms with van der Waals surface area (Å²) in [5.41, 5.74) is 0.448. The number of hydrogen-bond donors (Lipinski definition) is 2. The third-order valence-corrected chi connectivity index (χ3v) is 5.90. The molecule has 22 heavy (non-hydrogen) atoms. The van der Waals surface area contributed by atoms with Gasteiger partial charge < -0.3 is 15.1 Å². The number of halogens is 2. The molecular weight excluding hydrogens is 325 g/mol. The lowest BCUT2D eigenvalue weighted by atomic mass is 9.58. The molecule has 1 aromatic carbocycles. The van der Waals surface area contributed by atoms with Crippen LogP contribution in [0, 0.1) is 5.41 Å². The number of hydrogen-bond acceptors (Lipinski definition) is 3. The molecule has 1 saturated carbocycles. The average molecular weight is 344 g/mol. The van der Waals surface area contributed by atoms with Crippen LogP contribution >= 0.6 is 23.2 Å². The van der Waals surface area contributed by atoms with Gasteiger partial charge in [-0.25, -0.2) is 0 Å². The van der Waals surface area contributed by atoms with Crippen molar-refractivity contribution in [3.63, 3.8) is 0 Å². The molecule has 0 bridgehead atoms. The first-order chi connectivity index (χ1) is 10.4. The molecule has 0 aromatic heterocycles. The first kappa shape index (κ1) is 16.1. The van der Waals surface area contributed by atoms with Crippen LogP contribution in [0.25, 0.3) is 0 Å². The van der Waals surface area contributed by atoms with Crippen molar-refractivity contribution in [3.05, 3.63) is 33.8 Å². The number of benzene rings is 1. The van der Waals surface area contributed by atoms with Crippen LogP contribution < -0.4 is 0 Å². The Bertz CT molecular complexity index is 575. The van der Waals surface area contributed by atoms with E-state index >= 15 is 0 Å². The van der Waals surface area contributed by atoms with Crippen molar-refractivity contribution in [2.24, 2.45) is 5.41 Å². The number of rotatable bonds is 2. The zero-order valence-electron chi connectivity index (χ0n) is 12.1. The summed E-state index contributed by atoms with van der Waals surface area (Å²) in [5, 5.41) is 20.8. The smallest absolute Gasteiger partial charge is 0.226 e. The van der Waals surface area contributed by atoms with E-state index in [1.165, 1.54) is 0 Å². The minimum absolute atomic E-state index is 0.0385.